The summed E-state index contributed by atoms with van der Waals surface area (Å²) in [5.41, 5.74) is 2.96. The second-order valence-electron chi connectivity index (χ2n) is 11.2. The zero-order valence-corrected chi connectivity index (χ0v) is 25.0. The van der Waals surface area contributed by atoms with Gasteiger partial charge in [-0.3, -0.25) is 19.2 Å². The molecule has 3 amide bonds. The first kappa shape index (κ1) is 29.4. The quantitative estimate of drug-likeness (QED) is 0.319. The van der Waals surface area contributed by atoms with E-state index in [1.807, 2.05) is 29.2 Å². The molecule has 0 spiro atoms. The Labute approximate surface area is 260 Å². The van der Waals surface area contributed by atoms with Gasteiger partial charge in [0.2, 0.25) is 11.8 Å². The Morgan fingerprint density at radius 3 is 2.36 bits per heavy atom. The average Bonchev–Trinajstić information content (AvgIpc) is 3.45. The van der Waals surface area contributed by atoms with E-state index in [0.717, 1.165) is 35.8 Å². The van der Waals surface area contributed by atoms with Gasteiger partial charge in [-0.25, -0.2) is 0 Å². The van der Waals surface area contributed by atoms with Crippen LogP contribution in [0.15, 0.2) is 88.1 Å². The van der Waals surface area contributed by atoms with Gasteiger partial charge in [-0.05, 0) is 47.9 Å². The molecule has 2 saturated heterocycles. The van der Waals surface area contributed by atoms with Gasteiger partial charge in [0, 0.05) is 68.9 Å². The zero-order chi connectivity index (χ0) is 30.6. The first-order valence-corrected chi connectivity index (χ1v) is 15.2. The number of carbonyl (C=O) groups excluding carboxylic acids is 3. The molecule has 2 fully saturated rings. The van der Waals surface area contributed by atoms with Gasteiger partial charge < -0.3 is 24.4 Å². The molecule has 4 aromatic rings. The molecule has 1 atom stereocenters. The van der Waals surface area contributed by atoms with Crippen molar-refractivity contribution in [1.29, 1.82) is 0 Å². The predicted octanol–water partition coefficient (Wildman–Crippen LogP) is 4.26. The van der Waals surface area contributed by atoms with Crippen molar-refractivity contribution < 1.29 is 18.8 Å². The van der Waals surface area contributed by atoms with Crippen LogP contribution in [-0.2, 0) is 22.6 Å². The molecule has 9 nitrogen and oxygen atoms in total. The molecule has 6 rings (SSSR count). The molecule has 2 aliphatic rings. The highest BCUT2D eigenvalue weighted by Crippen LogP contribution is 2.25. The number of rotatable bonds is 8. The lowest BCUT2D eigenvalue weighted by molar-refractivity contribution is -0.133. The smallest absolute Gasteiger partial charge is 0.287 e. The highest BCUT2D eigenvalue weighted by atomic mass is 35.5. The number of hydrogen-bond acceptors (Lipinski definition) is 6. The van der Waals surface area contributed by atoms with Crippen LogP contribution in [0.3, 0.4) is 0 Å². The Morgan fingerprint density at radius 2 is 1.61 bits per heavy atom. The first-order valence-electron chi connectivity index (χ1n) is 14.8. The van der Waals surface area contributed by atoms with Gasteiger partial charge in [0.1, 0.15) is 11.6 Å². The van der Waals surface area contributed by atoms with Gasteiger partial charge in [-0.1, -0.05) is 54.1 Å². The lowest BCUT2D eigenvalue weighted by atomic mass is 10.0. The lowest BCUT2D eigenvalue weighted by Gasteiger charge is -2.38. The summed E-state index contributed by atoms with van der Waals surface area (Å²) in [6.07, 6.45) is 1.73. The maximum atomic E-state index is 13.9. The second kappa shape index (κ2) is 12.9. The molecule has 0 aliphatic carbocycles. The van der Waals surface area contributed by atoms with Crippen molar-refractivity contribution in [3.05, 3.63) is 111 Å². The molecule has 0 bridgehead atoms. The number of fused-ring (bicyclic) bond motifs is 1. The van der Waals surface area contributed by atoms with Gasteiger partial charge >= 0.3 is 0 Å². The van der Waals surface area contributed by atoms with E-state index in [0.29, 0.717) is 55.1 Å². The minimum Gasteiger partial charge on any atom is -0.451 e. The average molecular weight is 613 g/mol. The first-order chi connectivity index (χ1) is 21.4. The van der Waals surface area contributed by atoms with Crippen LogP contribution < -0.4 is 15.6 Å². The van der Waals surface area contributed by atoms with Crippen LogP contribution in [0, 0.1) is 0 Å². The molecule has 10 heteroatoms. The van der Waals surface area contributed by atoms with E-state index in [9.17, 15) is 19.2 Å². The molecule has 226 valence electrons. The van der Waals surface area contributed by atoms with Crippen LogP contribution in [0.1, 0.15) is 34.5 Å². The van der Waals surface area contributed by atoms with Crippen molar-refractivity contribution >= 4 is 46.0 Å². The van der Waals surface area contributed by atoms with Gasteiger partial charge in [-0.2, -0.15) is 0 Å². The van der Waals surface area contributed by atoms with Crippen LogP contribution >= 0.6 is 11.6 Å². The van der Waals surface area contributed by atoms with E-state index in [4.69, 9.17) is 16.0 Å². The Hall–Kier alpha value is -4.63. The van der Waals surface area contributed by atoms with E-state index in [1.54, 1.807) is 41.3 Å². The number of hydrogen-bond donors (Lipinski definition) is 1. The third-order valence-corrected chi connectivity index (χ3v) is 8.52. The monoisotopic (exact) mass is 612 g/mol. The maximum Gasteiger partial charge on any atom is 0.287 e. The number of carbonyl (C=O) groups is 3. The molecule has 0 unspecified atom stereocenters. The van der Waals surface area contributed by atoms with E-state index >= 15 is 0 Å². The van der Waals surface area contributed by atoms with E-state index in [-0.39, 0.29) is 29.4 Å². The highest BCUT2D eigenvalue weighted by Gasteiger charge is 2.31. The zero-order valence-electron chi connectivity index (χ0n) is 24.2. The Balaban J connectivity index is 1.18. The predicted molar refractivity (Wildman–Crippen MR) is 169 cm³/mol. The number of amides is 3. The molecule has 44 heavy (non-hydrogen) atoms. The Kier molecular flexibility index (Phi) is 8.65. The van der Waals surface area contributed by atoms with Crippen molar-refractivity contribution in [3.8, 4) is 0 Å². The van der Waals surface area contributed by atoms with E-state index < -0.39 is 11.9 Å². The number of anilines is 1. The van der Waals surface area contributed by atoms with Crippen molar-refractivity contribution in [2.45, 2.75) is 31.8 Å². The van der Waals surface area contributed by atoms with Gasteiger partial charge in [-0.15, -0.1) is 0 Å². The number of likely N-dealkylation sites (tertiary alicyclic amines) is 1. The Morgan fingerprint density at radius 1 is 0.886 bits per heavy atom. The van der Waals surface area contributed by atoms with Crippen LogP contribution in [0.4, 0.5) is 5.69 Å². The maximum absolute atomic E-state index is 13.9. The van der Waals surface area contributed by atoms with Crippen molar-refractivity contribution in [3.63, 3.8) is 0 Å². The molecular formula is C34H33ClN4O5. The summed E-state index contributed by atoms with van der Waals surface area (Å²) in [6, 6.07) is 22.2. The summed E-state index contributed by atoms with van der Waals surface area (Å²) in [6.45, 7) is 3.50. The Bertz CT molecular complexity index is 1750. The third kappa shape index (κ3) is 6.48. The molecule has 0 radical (unpaired) electrons. The highest BCUT2D eigenvalue weighted by molar-refractivity contribution is 6.30. The van der Waals surface area contributed by atoms with Crippen LogP contribution in [0.5, 0.6) is 0 Å². The fourth-order valence-electron chi connectivity index (χ4n) is 5.92. The molecular weight excluding hydrogens is 580 g/mol. The van der Waals surface area contributed by atoms with E-state index in [2.05, 4.69) is 22.3 Å². The number of halogens is 1. The summed E-state index contributed by atoms with van der Waals surface area (Å²) in [4.78, 5) is 58.1. The summed E-state index contributed by atoms with van der Waals surface area (Å²) in [5.74, 6) is -0.816. The SMILES string of the molecule is O=C(N[C@H](Cc1ccc(Cl)cc1)C(=O)N1CCN(c2ccccc2CN2CCCC2=O)CC1)c1cc(=O)c2ccccc2o1. The minimum absolute atomic E-state index is 0.152. The standard InChI is InChI=1S/C34H33ClN4O5/c35-25-13-11-23(12-14-25)20-27(36-33(42)31-21-29(40)26-7-2-4-9-30(26)44-31)34(43)38-18-16-37(17-19-38)28-8-3-1-6-24(28)22-39-15-5-10-32(39)41/h1-4,6-9,11-14,21,27H,5,10,15-20,22H2,(H,36,42)/t27-/m1/s1. The van der Waals surface area contributed by atoms with Gasteiger partial charge in [0.15, 0.2) is 11.2 Å². The minimum atomic E-state index is -0.888. The van der Waals surface area contributed by atoms with Gasteiger partial charge in [0.25, 0.3) is 5.91 Å². The van der Waals surface area contributed by atoms with Crippen LogP contribution in [0.25, 0.3) is 11.0 Å². The lowest BCUT2D eigenvalue weighted by Crippen LogP contribution is -2.55. The molecule has 3 aromatic carbocycles. The second-order valence-corrected chi connectivity index (χ2v) is 11.6. The number of nitrogens with zero attached hydrogens (tertiary/aromatic N) is 3. The number of para-hydroxylation sites is 2. The number of benzene rings is 3. The third-order valence-electron chi connectivity index (χ3n) is 8.27. The molecule has 1 N–H and O–H groups in total. The summed E-state index contributed by atoms with van der Waals surface area (Å²) in [7, 11) is 0. The van der Waals surface area contributed by atoms with Crippen molar-refractivity contribution in [1.82, 2.24) is 15.1 Å². The van der Waals surface area contributed by atoms with Crippen LogP contribution in [0.2, 0.25) is 5.02 Å². The molecule has 1 aromatic heterocycles. The fraction of sp³-hybridized carbons (Fsp3) is 0.294. The topological polar surface area (TPSA) is 103 Å². The van der Waals surface area contributed by atoms with Gasteiger partial charge in [0.05, 0.1) is 5.39 Å². The normalized spacial score (nSPS) is 15.9. The fourth-order valence-corrected chi connectivity index (χ4v) is 6.05. The van der Waals surface area contributed by atoms with E-state index in [1.165, 1.54) is 0 Å². The van der Waals surface area contributed by atoms with Crippen molar-refractivity contribution in [2.75, 3.05) is 37.6 Å². The largest absolute Gasteiger partial charge is 0.451 e. The number of nitrogens with one attached hydrogen (secondary N) is 1. The summed E-state index contributed by atoms with van der Waals surface area (Å²) >= 11 is 6.08. The molecule has 2 aliphatic heterocycles. The van der Waals surface area contributed by atoms with Crippen molar-refractivity contribution in [2.24, 2.45) is 0 Å². The van der Waals surface area contributed by atoms with Crippen LogP contribution in [-0.4, -0.2) is 66.3 Å². The molecule has 3 heterocycles. The summed E-state index contributed by atoms with van der Waals surface area (Å²) < 4.78 is 5.74. The number of piperazine rings is 1. The summed E-state index contributed by atoms with van der Waals surface area (Å²) in [5, 5.41) is 3.79. The molecule has 0 saturated carbocycles.